The molecule has 1 N–H and O–H groups in total. The molecule has 0 aliphatic heterocycles. The van der Waals surface area contributed by atoms with E-state index in [2.05, 4.69) is 0 Å². The second-order valence-corrected chi connectivity index (χ2v) is 5.64. The number of benzene rings is 2. The minimum Gasteiger partial charge on any atom is -0.489 e. The number of nitro benzene ring substituents is 1. The number of nitrogens with zero attached hydrogens (tertiary/aromatic N) is 1. The predicted molar refractivity (Wildman–Crippen MR) is 84.5 cm³/mol. The summed E-state index contributed by atoms with van der Waals surface area (Å²) >= 11 is 0. The lowest BCUT2D eigenvalue weighted by atomic mass is 9.84. The number of rotatable bonds is 6. The maximum absolute atomic E-state index is 11.5. The van der Waals surface area contributed by atoms with Gasteiger partial charge >= 0.3 is 5.97 Å². The van der Waals surface area contributed by atoms with E-state index in [1.807, 2.05) is 30.3 Å². The Morgan fingerprint density at radius 2 is 1.87 bits per heavy atom. The molecule has 0 atom stereocenters. The van der Waals surface area contributed by atoms with Gasteiger partial charge < -0.3 is 9.84 Å². The van der Waals surface area contributed by atoms with E-state index in [0.29, 0.717) is 5.75 Å². The summed E-state index contributed by atoms with van der Waals surface area (Å²) in [5.41, 5.74) is -0.278. The van der Waals surface area contributed by atoms with Crippen molar-refractivity contribution in [2.24, 2.45) is 0 Å². The molecule has 0 bridgehead atoms. The number of hydrogen-bond acceptors (Lipinski definition) is 4. The molecule has 6 nitrogen and oxygen atoms in total. The molecular weight excluding hydrogens is 298 g/mol. The van der Waals surface area contributed by atoms with E-state index >= 15 is 0 Å². The molecule has 0 fully saturated rings. The summed E-state index contributed by atoms with van der Waals surface area (Å²) in [6.07, 6.45) is 0. The van der Waals surface area contributed by atoms with Crippen molar-refractivity contribution in [3.8, 4) is 5.75 Å². The Hall–Kier alpha value is -2.89. The van der Waals surface area contributed by atoms with Crippen LogP contribution in [0.25, 0.3) is 0 Å². The van der Waals surface area contributed by atoms with Gasteiger partial charge in [-0.2, -0.15) is 0 Å². The second kappa shape index (κ2) is 6.48. The molecule has 120 valence electrons. The van der Waals surface area contributed by atoms with Gasteiger partial charge in [-0.1, -0.05) is 30.3 Å². The maximum atomic E-state index is 11.5. The van der Waals surface area contributed by atoms with Crippen LogP contribution in [0.4, 0.5) is 5.69 Å². The number of aliphatic carboxylic acids is 1. The summed E-state index contributed by atoms with van der Waals surface area (Å²) in [5, 5.41) is 20.4. The highest BCUT2D eigenvalue weighted by atomic mass is 16.6. The van der Waals surface area contributed by atoms with Crippen molar-refractivity contribution in [2.75, 3.05) is 0 Å². The fraction of sp³-hybridized carbons (Fsp3) is 0.235. The summed E-state index contributed by atoms with van der Waals surface area (Å²) in [5.74, 6) is -0.755. The zero-order chi connectivity index (χ0) is 17.0. The SMILES string of the molecule is CC(C)(C(=O)O)c1cc([N+](=O)[O-])ccc1OCc1ccccc1. The Bertz CT molecular complexity index is 725. The standard InChI is InChI=1S/C17H17NO5/c1-17(2,16(19)20)14-10-13(18(21)22)8-9-15(14)23-11-12-6-4-3-5-7-12/h3-10H,11H2,1-2H3,(H,19,20). The van der Waals surface area contributed by atoms with Gasteiger partial charge in [0.15, 0.2) is 0 Å². The van der Waals surface area contributed by atoms with Crippen LogP contribution in [0.5, 0.6) is 5.75 Å². The van der Waals surface area contributed by atoms with Crippen LogP contribution >= 0.6 is 0 Å². The monoisotopic (exact) mass is 315 g/mol. The zero-order valence-electron chi connectivity index (χ0n) is 12.9. The van der Waals surface area contributed by atoms with Crippen LogP contribution in [0.15, 0.2) is 48.5 Å². The number of carboxylic acids is 1. The Labute approximate surface area is 133 Å². The summed E-state index contributed by atoms with van der Waals surface area (Å²) in [4.78, 5) is 21.9. The van der Waals surface area contributed by atoms with Gasteiger partial charge in [0.05, 0.1) is 10.3 Å². The quantitative estimate of drug-likeness (QED) is 0.650. The van der Waals surface area contributed by atoms with Crippen molar-refractivity contribution in [1.82, 2.24) is 0 Å². The first-order valence-electron chi connectivity index (χ1n) is 7.01. The van der Waals surface area contributed by atoms with E-state index in [0.717, 1.165) is 5.56 Å². The number of ether oxygens (including phenoxy) is 1. The molecular formula is C17H17NO5. The van der Waals surface area contributed by atoms with E-state index in [4.69, 9.17) is 4.74 Å². The lowest BCUT2D eigenvalue weighted by Gasteiger charge is -2.22. The van der Waals surface area contributed by atoms with Crippen LogP contribution in [0, 0.1) is 10.1 Å². The van der Waals surface area contributed by atoms with E-state index in [1.54, 1.807) is 0 Å². The van der Waals surface area contributed by atoms with Gasteiger partial charge in [-0.15, -0.1) is 0 Å². The van der Waals surface area contributed by atoms with Crippen molar-refractivity contribution in [3.63, 3.8) is 0 Å². The first kappa shape index (κ1) is 16.5. The van der Waals surface area contributed by atoms with Gasteiger partial charge in [0.2, 0.25) is 0 Å². The molecule has 2 aromatic rings. The molecule has 0 unspecified atom stereocenters. The second-order valence-electron chi connectivity index (χ2n) is 5.64. The number of hydrogen-bond donors (Lipinski definition) is 1. The lowest BCUT2D eigenvalue weighted by molar-refractivity contribution is -0.385. The molecule has 0 saturated heterocycles. The molecule has 0 heterocycles. The largest absolute Gasteiger partial charge is 0.489 e. The van der Waals surface area contributed by atoms with Crippen molar-refractivity contribution in [2.45, 2.75) is 25.9 Å². The molecule has 2 rings (SSSR count). The molecule has 2 aromatic carbocycles. The molecule has 23 heavy (non-hydrogen) atoms. The van der Waals surface area contributed by atoms with Gasteiger partial charge in [-0.25, -0.2) is 0 Å². The Morgan fingerprint density at radius 1 is 1.22 bits per heavy atom. The topological polar surface area (TPSA) is 89.7 Å². The van der Waals surface area contributed by atoms with Gasteiger partial charge in [-0.3, -0.25) is 14.9 Å². The van der Waals surface area contributed by atoms with E-state index in [1.165, 1.54) is 32.0 Å². The highest BCUT2D eigenvalue weighted by Crippen LogP contribution is 2.35. The summed E-state index contributed by atoms with van der Waals surface area (Å²) < 4.78 is 5.71. The summed E-state index contributed by atoms with van der Waals surface area (Å²) in [7, 11) is 0. The first-order valence-corrected chi connectivity index (χ1v) is 7.01. The molecule has 0 aromatic heterocycles. The summed E-state index contributed by atoms with van der Waals surface area (Å²) in [6, 6.07) is 13.4. The third-order valence-electron chi connectivity index (χ3n) is 3.62. The first-order chi connectivity index (χ1) is 10.8. The highest BCUT2D eigenvalue weighted by Gasteiger charge is 2.34. The molecule has 0 radical (unpaired) electrons. The molecule has 0 amide bonds. The fourth-order valence-corrected chi connectivity index (χ4v) is 2.10. The van der Waals surface area contributed by atoms with Crippen LogP contribution in [0.3, 0.4) is 0 Å². The van der Waals surface area contributed by atoms with Gasteiger partial charge in [0.25, 0.3) is 5.69 Å². The number of carboxylic acid groups (broad SMARTS) is 1. The highest BCUT2D eigenvalue weighted by molar-refractivity contribution is 5.81. The number of carbonyl (C=O) groups is 1. The maximum Gasteiger partial charge on any atom is 0.313 e. The third kappa shape index (κ3) is 3.66. The van der Waals surface area contributed by atoms with Crippen molar-refractivity contribution >= 4 is 11.7 Å². The van der Waals surface area contributed by atoms with Crippen molar-refractivity contribution in [1.29, 1.82) is 0 Å². The van der Waals surface area contributed by atoms with Gasteiger partial charge in [-0.05, 0) is 25.5 Å². The van der Waals surface area contributed by atoms with Crippen LogP contribution in [0.1, 0.15) is 25.0 Å². The molecule has 0 saturated carbocycles. The number of nitro groups is 1. The molecule has 0 aliphatic carbocycles. The summed E-state index contributed by atoms with van der Waals surface area (Å²) in [6.45, 7) is 3.23. The fourth-order valence-electron chi connectivity index (χ4n) is 2.10. The van der Waals surface area contributed by atoms with Crippen LogP contribution in [-0.2, 0) is 16.8 Å². The molecule has 6 heteroatoms. The normalized spacial score (nSPS) is 11.0. The Morgan fingerprint density at radius 3 is 2.43 bits per heavy atom. The van der Waals surface area contributed by atoms with Crippen LogP contribution in [0.2, 0.25) is 0 Å². The van der Waals surface area contributed by atoms with Crippen molar-refractivity contribution in [3.05, 3.63) is 69.8 Å². The zero-order valence-corrected chi connectivity index (χ0v) is 12.9. The Kier molecular flexibility index (Phi) is 4.64. The van der Waals surface area contributed by atoms with E-state index in [9.17, 15) is 20.0 Å². The average Bonchev–Trinajstić information content (AvgIpc) is 2.53. The minimum atomic E-state index is -1.31. The minimum absolute atomic E-state index is 0.165. The van der Waals surface area contributed by atoms with Gasteiger partial charge in [0, 0.05) is 17.7 Å². The lowest BCUT2D eigenvalue weighted by Crippen LogP contribution is -2.29. The van der Waals surface area contributed by atoms with Crippen molar-refractivity contribution < 1.29 is 19.6 Å². The Balaban J connectivity index is 2.38. The average molecular weight is 315 g/mol. The molecule has 0 aliphatic rings. The predicted octanol–water partition coefficient (Wildman–Crippen LogP) is 3.54. The van der Waals surface area contributed by atoms with Crippen LogP contribution < -0.4 is 4.74 Å². The van der Waals surface area contributed by atoms with Gasteiger partial charge in [0.1, 0.15) is 12.4 Å². The van der Waals surface area contributed by atoms with E-state index < -0.39 is 16.3 Å². The third-order valence-corrected chi connectivity index (χ3v) is 3.62. The number of non-ortho nitro benzene ring substituents is 1. The smallest absolute Gasteiger partial charge is 0.313 e. The van der Waals surface area contributed by atoms with E-state index in [-0.39, 0.29) is 17.9 Å². The van der Waals surface area contributed by atoms with Crippen LogP contribution in [-0.4, -0.2) is 16.0 Å². The molecule has 0 spiro atoms.